The molecule has 0 radical (unpaired) electrons. The van der Waals surface area contributed by atoms with E-state index in [2.05, 4.69) is 4.72 Å². The lowest BCUT2D eigenvalue weighted by molar-refractivity contribution is 0.581. The molecule has 132 valence electrons. The molecule has 3 N–H and O–H groups in total. The summed E-state index contributed by atoms with van der Waals surface area (Å²) in [4.78, 5) is 0.381. The standard InChI is InChI=1S/C12H14N2O6S4/c1-22(15,16)10-3-5-11(6-4-10)24(19,20)14-8-9-2-7-12(21-9)23(13,17)18/h2-7,14H,8H2,1H3,(H2,13,17,18). The maximum absolute atomic E-state index is 12.2. The van der Waals surface area contributed by atoms with Crippen molar-refractivity contribution in [3.63, 3.8) is 0 Å². The molecule has 0 aliphatic rings. The van der Waals surface area contributed by atoms with E-state index in [0.717, 1.165) is 17.6 Å². The highest BCUT2D eigenvalue weighted by atomic mass is 32.2. The molecule has 24 heavy (non-hydrogen) atoms. The SMILES string of the molecule is CS(=O)(=O)c1ccc(S(=O)(=O)NCc2ccc(S(N)(=O)=O)s2)cc1. The normalized spacial score (nSPS) is 13.1. The van der Waals surface area contributed by atoms with Gasteiger partial charge in [0.15, 0.2) is 9.84 Å². The van der Waals surface area contributed by atoms with Gasteiger partial charge in [-0.15, -0.1) is 11.3 Å². The third-order valence-electron chi connectivity index (χ3n) is 2.92. The highest BCUT2D eigenvalue weighted by molar-refractivity contribution is 7.91. The van der Waals surface area contributed by atoms with Crippen LogP contribution in [0.1, 0.15) is 4.88 Å². The zero-order chi connectivity index (χ0) is 18.2. The first-order valence-corrected chi connectivity index (χ1v) is 12.0. The molecule has 8 nitrogen and oxygen atoms in total. The van der Waals surface area contributed by atoms with Crippen LogP contribution in [0.4, 0.5) is 0 Å². The lowest BCUT2D eigenvalue weighted by Crippen LogP contribution is -2.22. The van der Waals surface area contributed by atoms with Crippen LogP contribution in [0.25, 0.3) is 0 Å². The quantitative estimate of drug-likeness (QED) is 0.701. The Balaban J connectivity index is 2.15. The van der Waals surface area contributed by atoms with E-state index in [1.165, 1.54) is 36.4 Å². The van der Waals surface area contributed by atoms with Crippen LogP contribution in [0.2, 0.25) is 0 Å². The van der Waals surface area contributed by atoms with Gasteiger partial charge in [0.2, 0.25) is 20.0 Å². The molecule has 1 heterocycles. The van der Waals surface area contributed by atoms with Crippen molar-refractivity contribution in [1.29, 1.82) is 0 Å². The van der Waals surface area contributed by atoms with Gasteiger partial charge in [0, 0.05) is 17.7 Å². The van der Waals surface area contributed by atoms with E-state index in [4.69, 9.17) is 5.14 Å². The highest BCUT2D eigenvalue weighted by Crippen LogP contribution is 2.21. The van der Waals surface area contributed by atoms with Gasteiger partial charge in [-0.1, -0.05) is 0 Å². The number of primary sulfonamides is 1. The number of rotatable bonds is 6. The zero-order valence-corrected chi connectivity index (χ0v) is 15.6. The lowest BCUT2D eigenvalue weighted by Gasteiger charge is -2.06. The molecule has 12 heteroatoms. The first-order valence-electron chi connectivity index (χ1n) is 6.31. The molecule has 1 aromatic heterocycles. The molecular formula is C12H14N2O6S4. The maximum atomic E-state index is 12.2. The van der Waals surface area contributed by atoms with E-state index in [1.807, 2.05) is 0 Å². The minimum absolute atomic E-state index is 0.0116. The van der Waals surface area contributed by atoms with Gasteiger partial charge in [-0.2, -0.15) is 0 Å². The van der Waals surface area contributed by atoms with Gasteiger partial charge in [-0.05, 0) is 36.4 Å². The van der Waals surface area contributed by atoms with Gasteiger partial charge in [-0.3, -0.25) is 0 Å². The number of sulfone groups is 1. The molecule has 0 aliphatic carbocycles. The second-order valence-electron chi connectivity index (χ2n) is 4.83. The van der Waals surface area contributed by atoms with Gasteiger partial charge >= 0.3 is 0 Å². The summed E-state index contributed by atoms with van der Waals surface area (Å²) in [6.07, 6.45) is 1.02. The minimum atomic E-state index is -3.87. The van der Waals surface area contributed by atoms with Crippen molar-refractivity contribution in [2.24, 2.45) is 5.14 Å². The van der Waals surface area contributed by atoms with E-state index < -0.39 is 29.9 Å². The first-order chi connectivity index (χ1) is 10.9. The average molecular weight is 411 g/mol. The molecule has 0 fully saturated rings. The Kier molecular flexibility index (Phi) is 5.18. The summed E-state index contributed by atoms with van der Waals surface area (Å²) in [6.45, 7) is -0.115. The molecule has 0 saturated heterocycles. The summed E-state index contributed by atoms with van der Waals surface area (Å²) in [5.41, 5.74) is 0. The van der Waals surface area contributed by atoms with E-state index >= 15 is 0 Å². The summed E-state index contributed by atoms with van der Waals surface area (Å²) in [6, 6.07) is 7.53. The van der Waals surface area contributed by atoms with Crippen molar-refractivity contribution < 1.29 is 25.3 Å². The van der Waals surface area contributed by atoms with Crippen LogP contribution in [0.5, 0.6) is 0 Å². The van der Waals surface area contributed by atoms with Crippen molar-refractivity contribution in [2.75, 3.05) is 6.26 Å². The summed E-state index contributed by atoms with van der Waals surface area (Å²) < 4.78 is 71.7. The Bertz CT molecular complexity index is 1050. The van der Waals surface area contributed by atoms with Crippen LogP contribution in [-0.4, -0.2) is 31.5 Å². The zero-order valence-electron chi connectivity index (χ0n) is 12.3. The third-order valence-corrected chi connectivity index (χ3v) is 7.99. The summed E-state index contributed by atoms with van der Waals surface area (Å²) in [5.74, 6) is 0. The Labute approximate surface area is 144 Å². The topological polar surface area (TPSA) is 140 Å². The largest absolute Gasteiger partial charge is 0.247 e. The molecule has 0 aliphatic heterocycles. The fraction of sp³-hybridized carbons (Fsp3) is 0.167. The van der Waals surface area contributed by atoms with Crippen LogP contribution in [-0.2, 0) is 36.4 Å². The first kappa shape index (κ1) is 19.0. The predicted octanol–water partition coefficient (Wildman–Crippen LogP) is 0.277. The lowest BCUT2D eigenvalue weighted by atomic mass is 10.4. The van der Waals surface area contributed by atoms with E-state index in [0.29, 0.717) is 4.88 Å². The number of sulfonamides is 2. The van der Waals surface area contributed by atoms with Crippen molar-refractivity contribution in [1.82, 2.24) is 4.72 Å². The highest BCUT2D eigenvalue weighted by Gasteiger charge is 2.17. The molecule has 0 amide bonds. The number of nitrogens with one attached hydrogen (secondary N) is 1. The van der Waals surface area contributed by atoms with Crippen LogP contribution in [0, 0.1) is 0 Å². The van der Waals surface area contributed by atoms with Crippen LogP contribution < -0.4 is 9.86 Å². The van der Waals surface area contributed by atoms with E-state index in [-0.39, 0.29) is 20.5 Å². The molecular weight excluding hydrogens is 396 g/mol. The summed E-state index contributed by atoms with van der Waals surface area (Å²) >= 11 is 0.862. The third kappa shape index (κ3) is 4.62. The Morgan fingerprint density at radius 3 is 1.92 bits per heavy atom. The van der Waals surface area contributed by atoms with Crippen LogP contribution in [0.15, 0.2) is 50.4 Å². The number of benzene rings is 1. The molecule has 0 spiro atoms. The van der Waals surface area contributed by atoms with Gasteiger partial charge in [0.1, 0.15) is 4.21 Å². The smallest absolute Gasteiger partial charge is 0.224 e. The van der Waals surface area contributed by atoms with Gasteiger partial charge in [0.05, 0.1) is 9.79 Å². The minimum Gasteiger partial charge on any atom is -0.224 e. The Hall–Kier alpha value is -1.31. The fourth-order valence-electron chi connectivity index (χ4n) is 1.72. The summed E-state index contributed by atoms with van der Waals surface area (Å²) in [7, 11) is -11.1. The Morgan fingerprint density at radius 1 is 0.917 bits per heavy atom. The van der Waals surface area contributed by atoms with Gasteiger partial charge in [0.25, 0.3) is 0 Å². The number of hydrogen-bond donors (Lipinski definition) is 2. The molecule has 0 unspecified atom stereocenters. The van der Waals surface area contributed by atoms with E-state index in [9.17, 15) is 25.3 Å². The molecule has 2 aromatic rings. The Morgan fingerprint density at radius 2 is 1.46 bits per heavy atom. The van der Waals surface area contributed by atoms with Crippen molar-refractivity contribution >= 4 is 41.2 Å². The number of thiophene rings is 1. The fourth-order valence-corrected chi connectivity index (χ4v) is 5.17. The second-order valence-corrected chi connectivity index (χ2v) is 11.6. The van der Waals surface area contributed by atoms with Gasteiger partial charge in [-0.25, -0.2) is 35.1 Å². The number of nitrogens with two attached hydrogens (primary N) is 1. The van der Waals surface area contributed by atoms with Crippen molar-refractivity contribution in [3.05, 3.63) is 41.3 Å². The van der Waals surface area contributed by atoms with Crippen molar-refractivity contribution in [3.8, 4) is 0 Å². The molecule has 0 saturated carbocycles. The average Bonchev–Trinajstić information content (AvgIpc) is 2.93. The van der Waals surface area contributed by atoms with Crippen LogP contribution >= 0.6 is 11.3 Å². The predicted molar refractivity (Wildman–Crippen MR) is 89.3 cm³/mol. The summed E-state index contributed by atoms with van der Waals surface area (Å²) in [5, 5.41) is 4.99. The van der Waals surface area contributed by atoms with Crippen molar-refractivity contribution in [2.45, 2.75) is 20.5 Å². The second kappa shape index (κ2) is 6.54. The maximum Gasteiger partial charge on any atom is 0.247 e. The molecule has 1 aromatic carbocycles. The van der Waals surface area contributed by atoms with Crippen LogP contribution in [0.3, 0.4) is 0 Å². The molecule has 2 rings (SSSR count). The van der Waals surface area contributed by atoms with E-state index in [1.54, 1.807) is 0 Å². The molecule has 0 atom stereocenters. The molecule has 0 bridgehead atoms. The van der Waals surface area contributed by atoms with Gasteiger partial charge < -0.3 is 0 Å². The monoisotopic (exact) mass is 410 g/mol. The number of hydrogen-bond acceptors (Lipinski definition) is 7.